The lowest BCUT2D eigenvalue weighted by Gasteiger charge is -2.14. The third-order valence-corrected chi connectivity index (χ3v) is 5.39. The quantitative estimate of drug-likeness (QED) is 0.638. The monoisotopic (exact) mass is 428 g/mol. The van der Waals surface area contributed by atoms with Crippen LogP contribution in [0, 0.1) is 6.92 Å². The molecule has 0 aromatic heterocycles. The molecule has 1 heterocycles. The third kappa shape index (κ3) is 4.33. The van der Waals surface area contributed by atoms with Crippen LogP contribution in [0.2, 0.25) is 0 Å². The Morgan fingerprint density at radius 1 is 1.03 bits per heavy atom. The van der Waals surface area contributed by atoms with Crippen molar-refractivity contribution in [2.75, 3.05) is 10.2 Å². The lowest BCUT2D eigenvalue weighted by molar-refractivity contribution is -0.121. The van der Waals surface area contributed by atoms with Gasteiger partial charge in [-0.1, -0.05) is 17.7 Å². The van der Waals surface area contributed by atoms with Gasteiger partial charge in [0.15, 0.2) is 0 Å². The van der Waals surface area contributed by atoms with Gasteiger partial charge in [-0.2, -0.15) is 0 Å². The summed E-state index contributed by atoms with van der Waals surface area (Å²) in [6, 6.07) is 9.97. The second kappa shape index (κ2) is 8.37. The summed E-state index contributed by atoms with van der Waals surface area (Å²) in [4.78, 5) is 60.8. The summed E-state index contributed by atoms with van der Waals surface area (Å²) in [7, 11) is 0. The summed E-state index contributed by atoms with van der Waals surface area (Å²) in [5.41, 5.74) is 0.649. The van der Waals surface area contributed by atoms with Gasteiger partial charge in [-0.3, -0.25) is 14.4 Å². The minimum absolute atomic E-state index is 0.204. The maximum Gasteiger partial charge on any atom is 0.337 e. The number of rotatable bonds is 6. The summed E-state index contributed by atoms with van der Waals surface area (Å²) >= 11 is 0.704. The zero-order valence-corrected chi connectivity index (χ0v) is 16.4. The molecule has 1 atom stereocenters. The molecule has 1 aliphatic heterocycles. The number of thioether (sulfide) groups is 1. The highest BCUT2D eigenvalue weighted by Crippen LogP contribution is 2.33. The van der Waals surface area contributed by atoms with Crippen molar-refractivity contribution >= 4 is 52.1 Å². The Balaban J connectivity index is 1.75. The van der Waals surface area contributed by atoms with Crippen molar-refractivity contribution in [1.82, 2.24) is 0 Å². The lowest BCUT2D eigenvalue weighted by Crippen LogP contribution is -2.33. The molecule has 3 N–H and O–H groups in total. The molecule has 30 heavy (non-hydrogen) atoms. The normalized spacial score (nSPS) is 15.9. The van der Waals surface area contributed by atoms with Gasteiger partial charge in [0.2, 0.25) is 11.8 Å². The number of nitrogens with one attached hydrogen (secondary N) is 1. The Kier molecular flexibility index (Phi) is 5.88. The molecule has 0 aliphatic carbocycles. The number of hydrogen-bond donors (Lipinski definition) is 3. The predicted octanol–water partition coefficient (Wildman–Crippen LogP) is 2.99. The van der Waals surface area contributed by atoms with Gasteiger partial charge in [0.25, 0.3) is 5.24 Å². The van der Waals surface area contributed by atoms with E-state index in [1.54, 1.807) is 24.3 Å². The van der Waals surface area contributed by atoms with Gasteiger partial charge in [0.1, 0.15) is 5.25 Å². The molecule has 1 saturated heterocycles. The van der Waals surface area contributed by atoms with Crippen LogP contribution in [0.3, 0.4) is 0 Å². The van der Waals surface area contributed by atoms with E-state index in [2.05, 4.69) is 5.32 Å². The number of aryl methyl sites for hydroxylation is 1. The number of amides is 3. The van der Waals surface area contributed by atoms with Crippen molar-refractivity contribution < 1.29 is 34.2 Å². The molecule has 154 valence electrons. The van der Waals surface area contributed by atoms with Crippen molar-refractivity contribution in [3.8, 4) is 0 Å². The molecule has 3 rings (SSSR count). The van der Waals surface area contributed by atoms with Gasteiger partial charge < -0.3 is 15.5 Å². The maximum absolute atomic E-state index is 12.6. The number of nitrogens with zero attached hydrogens (tertiary/aromatic N) is 1. The summed E-state index contributed by atoms with van der Waals surface area (Å²) in [5.74, 6) is -3.91. The number of hydrogen-bond acceptors (Lipinski definition) is 6. The smallest absolute Gasteiger partial charge is 0.337 e. The standard InChI is InChI=1S/C20H16N2O7S/c1-10-2-5-12(6-3-10)22-17(24)15(30-20(22)29)9-16(23)21-14-8-11(18(25)26)4-7-13(14)19(27)28/h2-8,15H,9H2,1H3,(H,21,23)(H,25,26)(H,27,28). The van der Waals surface area contributed by atoms with E-state index in [-0.39, 0.29) is 23.2 Å². The summed E-state index contributed by atoms with van der Waals surface area (Å²) in [5, 5.41) is 19.2. The molecular formula is C20H16N2O7S. The van der Waals surface area contributed by atoms with Crippen molar-refractivity contribution in [1.29, 1.82) is 0 Å². The third-order valence-electron chi connectivity index (χ3n) is 4.36. The first-order valence-corrected chi connectivity index (χ1v) is 9.57. The Morgan fingerprint density at radius 2 is 1.70 bits per heavy atom. The van der Waals surface area contributed by atoms with Gasteiger partial charge in [-0.05, 0) is 49.0 Å². The first-order valence-electron chi connectivity index (χ1n) is 8.69. The Labute approximate surface area is 174 Å². The Hall–Kier alpha value is -3.66. The highest BCUT2D eigenvalue weighted by Gasteiger charge is 2.41. The molecule has 9 nitrogen and oxygen atoms in total. The number of carboxylic acid groups (broad SMARTS) is 2. The molecule has 2 aromatic carbocycles. The molecule has 1 aliphatic rings. The Bertz CT molecular complexity index is 1070. The van der Waals surface area contributed by atoms with Crippen LogP contribution >= 0.6 is 11.8 Å². The average molecular weight is 428 g/mol. The first kappa shape index (κ1) is 21.1. The van der Waals surface area contributed by atoms with E-state index in [0.29, 0.717) is 17.4 Å². The average Bonchev–Trinajstić information content (AvgIpc) is 2.95. The van der Waals surface area contributed by atoms with Crippen molar-refractivity contribution in [3.63, 3.8) is 0 Å². The first-order chi connectivity index (χ1) is 14.2. The number of carbonyl (C=O) groups excluding carboxylic acids is 3. The Morgan fingerprint density at radius 3 is 2.30 bits per heavy atom. The highest BCUT2D eigenvalue weighted by molar-refractivity contribution is 8.15. The van der Waals surface area contributed by atoms with Crippen molar-refractivity contribution in [3.05, 3.63) is 59.2 Å². The van der Waals surface area contributed by atoms with Crippen LogP contribution in [-0.2, 0) is 9.59 Å². The number of imide groups is 1. The number of carboxylic acids is 2. The zero-order valence-electron chi connectivity index (χ0n) is 15.6. The molecule has 1 fully saturated rings. The predicted molar refractivity (Wildman–Crippen MR) is 109 cm³/mol. The van der Waals surface area contributed by atoms with E-state index in [1.807, 2.05) is 6.92 Å². The molecule has 10 heteroatoms. The molecule has 0 saturated carbocycles. The van der Waals surface area contributed by atoms with Gasteiger partial charge in [0, 0.05) is 6.42 Å². The van der Waals surface area contributed by atoms with E-state index in [9.17, 15) is 29.1 Å². The van der Waals surface area contributed by atoms with E-state index in [1.165, 1.54) is 0 Å². The van der Waals surface area contributed by atoms with Gasteiger partial charge in [0.05, 0.1) is 22.5 Å². The molecule has 3 amide bonds. The summed E-state index contributed by atoms with van der Waals surface area (Å²) < 4.78 is 0. The van der Waals surface area contributed by atoms with Crippen LogP contribution in [0.4, 0.5) is 16.2 Å². The van der Waals surface area contributed by atoms with Crippen LogP contribution < -0.4 is 10.2 Å². The minimum atomic E-state index is -1.35. The SMILES string of the molecule is Cc1ccc(N2C(=O)SC(CC(=O)Nc3cc(C(=O)O)ccc3C(=O)O)C2=O)cc1. The van der Waals surface area contributed by atoms with Crippen LogP contribution in [0.5, 0.6) is 0 Å². The van der Waals surface area contributed by atoms with E-state index in [4.69, 9.17) is 5.11 Å². The largest absolute Gasteiger partial charge is 0.478 e. The van der Waals surface area contributed by atoms with Crippen LogP contribution in [0.25, 0.3) is 0 Å². The van der Waals surface area contributed by atoms with Crippen LogP contribution in [0.1, 0.15) is 32.7 Å². The maximum atomic E-state index is 12.6. The molecule has 0 bridgehead atoms. The van der Waals surface area contributed by atoms with E-state index >= 15 is 0 Å². The van der Waals surface area contributed by atoms with Gasteiger partial charge >= 0.3 is 11.9 Å². The number of carbonyl (C=O) groups is 5. The molecule has 2 aromatic rings. The van der Waals surface area contributed by atoms with Crippen LogP contribution in [-0.4, -0.2) is 44.5 Å². The summed E-state index contributed by atoms with van der Waals surface area (Å²) in [6.07, 6.45) is -0.381. The number of anilines is 2. The fraction of sp³-hybridized carbons (Fsp3) is 0.150. The molecule has 0 spiro atoms. The second-order valence-corrected chi connectivity index (χ2v) is 7.66. The topological polar surface area (TPSA) is 141 Å². The van der Waals surface area contributed by atoms with Gasteiger partial charge in [-0.15, -0.1) is 0 Å². The summed E-state index contributed by atoms with van der Waals surface area (Å²) in [6.45, 7) is 1.87. The zero-order chi connectivity index (χ0) is 22.0. The number of benzene rings is 2. The second-order valence-electron chi connectivity index (χ2n) is 6.50. The highest BCUT2D eigenvalue weighted by atomic mass is 32.2. The van der Waals surface area contributed by atoms with E-state index < -0.39 is 34.2 Å². The van der Waals surface area contributed by atoms with Crippen molar-refractivity contribution in [2.24, 2.45) is 0 Å². The fourth-order valence-corrected chi connectivity index (χ4v) is 3.84. The molecular weight excluding hydrogens is 412 g/mol. The molecule has 1 unspecified atom stereocenters. The lowest BCUT2D eigenvalue weighted by atomic mass is 10.1. The van der Waals surface area contributed by atoms with Gasteiger partial charge in [-0.25, -0.2) is 14.5 Å². The van der Waals surface area contributed by atoms with E-state index in [0.717, 1.165) is 28.7 Å². The number of aromatic carboxylic acids is 2. The fourth-order valence-electron chi connectivity index (χ4n) is 2.85. The molecule has 0 radical (unpaired) electrons. The minimum Gasteiger partial charge on any atom is -0.478 e. The van der Waals surface area contributed by atoms with Crippen molar-refractivity contribution in [2.45, 2.75) is 18.6 Å². The van der Waals surface area contributed by atoms with Crippen LogP contribution in [0.15, 0.2) is 42.5 Å².